The zero-order valence-corrected chi connectivity index (χ0v) is 14.0. The van der Waals surface area contributed by atoms with Crippen molar-refractivity contribution in [2.24, 2.45) is 0 Å². The van der Waals surface area contributed by atoms with Crippen molar-refractivity contribution < 1.29 is 4.39 Å². The molecule has 0 amide bonds. The molecule has 0 bridgehead atoms. The highest BCUT2D eigenvalue weighted by molar-refractivity contribution is 6.31. The summed E-state index contributed by atoms with van der Waals surface area (Å²) in [6.45, 7) is 9.68. The smallest absolute Gasteiger partial charge is 0.144 e. The van der Waals surface area contributed by atoms with Gasteiger partial charge in [-0.15, -0.1) is 11.6 Å². The molecule has 2 aromatic rings. The zero-order chi connectivity index (χ0) is 15.6. The van der Waals surface area contributed by atoms with Crippen LogP contribution in [0.4, 0.5) is 4.39 Å². The molecule has 0 fully saturated rings. The van der Waals surface area contributed by atoms with Crippen LogP contribution in [0.25, 0.3) is 11.0 Å². The van der Waals surface area contributed by atoms with Crippen LogP contribution < -0.4 is 0 Å². The highest BCUT2D eigenvalue weighted by atomic mass is 35.5. The lowest BCUT2D eigenvalue weighted by atomic mass is 10.3. The van der Waals surface area contributed by atoms with Gasteiger partial charge in [-0.2, -0.15) is 0 Å². The number of aromatic nitrogens is 2. The van der Waals surface area contributed by atoms with Crippen molar-refractivity contribution in [2.75, 3.05) is 19.6 Å². The van der Waals surface area contributed by atoms with Crippen molar-refractivity contribution in [2.45, 2.75) is 32.7 Å². The number of nitrogens with zero attached hydrogens (tertiary/aromatic N) is 3. The molecule has 1 aromatic heterocycles. The second kappa shape index (κ2) is 6.95. The molecule has 0 spiro atoms. The lowest BCUT2D eigenvalue weighted by Gasteiger charge is -2.19. The maximum atomic E-state index is 13.8. The Labute approximate surface area is 134 Å². The third-order valence-electron chi connectivity index (χ3n) is 3.71. The Morgan fingerprint density at radius 2 is 2.00 bits per heavy atom. The van der Waals surface area contributed by atoms with Gasteiger partial charge in [0.25, 0.3) is 0 Å². The summed E-state index contributed by atoms with van der Waals surface area (Å²) in [5, 5.41) is -0.152. The molecule has 0 aliphatic carbocycles. The summed E-state index contributed by atoms with van der Waals surface area (Å²) in [6.07, 6.45) is 0. The molecule has 116 valence electrons. The van der Waals surface area contributed by atoms with E-state index in [1.807, 2.05) is 11.5 Å². The zero-order valence-electron chi connectivity index (χ0n) is 12.5. The van der Waals surface area contributed by atoms with E-state index in [-0.39, 0.29) is 10.4 Å². The number of hydrogen-bond acceptors (Lipinski definition) is 2. The molecule has 1 unspecified atom stereocenters. The SMILES string of the molecule is CCN(CC)CCn1c(C(C)Cl)nc2cc(Cl)c(F)cc21. The van der Waals surface area contributed by atoms with Crippen molar-refractivity contribution in [1.29, 1.82) is 0 Å². The number of rotatable bonds is 6. The molecule has 0 aliphatic rings. The summed E-state index contributed by atoms with van der Waals surface area (Å²) < 4.78 is 15.7. The van der Waals surface area contributed by atoms with E-state index in [0.717, 1.165) is 37.5 Å². The molecule has 21 heavy (non-hydrogen) atoms. The molecular formula is C15H20Cl2FN3. The van der Waals surface area contributed by atoms with Crippen molar-refractivity contribution >= 4 is 34.2 Å². The monoisotopic (exact) mass is 331 g/mol. The molecule has 2 rings (SSSR count). The van der Waals surface area contributed by atoms with Crippen LogP contribution in [0.15, 0.2) is 12.1 Å². The lowest BCUT2D eigenvalue weighted by Crippen LogP contribution is -2.27. The van der Waals surface area contributed by atoms with Crippen LogP contribution >= 0.6 is 23.2 Å². The number of hydrogen-bond donors (Lipinski definition) is 0. The molecule has 1 aromatic carbocycles. The van der Waals surface area contributed by atoms with Crippen LogP contribution in [0.1, 0.15) is 32.0 Å². The highest BCUT2D eigenvalue weighted by Crippen LogP contribution is 2.28. The number of halogens is 3. The van der Waals surface area contributed by atoms with Crippen molar-refractivity contribution in [3.8, 4) is 0 Å². The molecule has 3 nitrogen and oxygen atoms in total. The van der Waals surface area contributed by atoms with Crippen molar-refractivity contribution in [3.63, 3.8) is 0 Å². The summed E-state index contributed by atoms with van der Waals surface area (Å²) in [5.74, 6) is 0.322. The van der Waals surface area contributed by atoms with Crippen molar-refractivity contribution in [1.82, 2.24) is 14.5 Å². The molecule has 1 atom stereocenters. The first-order valence-corrected chi connectivity index (χ1v) is 8.00. The standard InChI is InChI=1S/C15H20Cl2FN3/c1-4-20(5-2)6-7-21-14-9-12(18)11(17)8-13(14)19-15(21)10(3)16/h8-10H,4-7H2,1-3H3. The normalized spacial score (nSPS) is 13.3. The fourth-order valence-corrected chi connectivity index (χ4v) is 2.78. The highest BCUT2D eigenvalue weighted by Gasteiger charge is 2.17. The van der Waals surface area contributed by atoms with E-state index in [4.69, 9.17) is 23.2 Å². The molecule has 1 heterocycles. The number of alkyl halides is 1. The fraction of sp³-hybridized carbons (Fsp3) is 0.533. The van der Waals surface area contributed by atoms with E-state index >= 15 is 0 Å². The van der Waals surface area contributed by atoms with Gasteiger partial charge in [-0.05, 0) is 26.1 Å². The summed E-state index contributed by atoms with van der Waals surface area (Å²) in [5.41, 5.74) is 1.43. The first-order valence-electron chi connectivity index (χ1n) is 7.19. The maximum absolute atomic E-state index is 13.8. The fourth-order valence-electron chi connectivity index (χ4n) is 2.46. The van der Waals surface area contributed by atoms with Crippen molar-refractivity contribution in [3.05, 3.63) is 28.8 Å². The Morgan fingerprint density at radius 3 is 2.57 bits per heavy atom. The van der Waals surface area contributed by atoms with E-state index in [2.05, 4.69) is 23.7 Å². The van der Waals surface area contributed by atoms with E-state index in [9.17, 15) is 4.39 Å². The Hall–Kier alpha value is -0.840. The predicted molar refractivity (Wildman–Crippen MR) is 86.8 cm³/mol. The van der Waals surface area contributed by atoms with Crippen LogP contribution in [-0.2, 0) is 6.54 Å². The number of likely N-dealkylation sites (N-methyl/N-ethyl adjacent to an activating group) is 1. The quantitative estimate of drug-likeness (QED) is 0.728. The predicted octanol–water partition coefficient (Wildman–Crippen LogP) is 4.47. The Balaban J connectivity index is 2.43. The average molecular weight is 332 g/mol. The average Bonchev–Trinajstić information content (AvgIpc) is 2.79. The Bertz CT molecular complexity index is 621. The Kier molecular flexibility index (Phi) is 5.47. The summed E-state index contributed by atoms with van der Waals surface area (Å²) in [4.78, 5) is 6.81. The van der Waals surface area contributed by atoms with Gasteiger partial charge in [0.2, 0.25) is 0 Å². The van der Waals surface area contributed by atoms with E-state index in [1.165, 1.54) is 6.07 Å². The third kappa shape index (κ3) is 3.50. The Morgan fingerprint density at radius 1 is 1.33 bits per heavy atom. The number of benzene rings is 1. The minimum atomic E-state index is -0.429. The largest absolute Gasteiger partial charge is 0.325 e. The second-order valence-corrected chi connectivity index (χ2v) is 6.08. The van der Waals surface area contributed by atoms with Gasteiger partial charge in [0.1, 0.15) is 11.6 Å². The first kappa shape index (κ1) is 16.5. The van der Waals surface area contributed by atoms with E-state index in [1.54, 1.807) is 6.07 Å². The van der Waals surface area contributed by atoms with Gasteiger partial charge in [0, 0.05) is 19.2 Å². The molecule has 0 saturated carbocycles. The molecule has 0 N–H and O–H groups in total. The molecule has 0 radical (unpaired) electrons. The molecule has 6 heteroatoms. The summed E-state index contributed by atoms with van der Waals surface area (Å²) in [7, 11) is 0. The number of fused-ring (bicyclic) bond motifs is 1. The first-order chi connectivity index (χ1) is 9.97. The topological polar surface area (TPSA) is 21.1 Å². The maximum Gasteiger partial charge on any atom is 0.144 e. The molecule has 0 saturated heterocycles. The van der Waals surface area contributed by atoms with Crippen LogP contribution in [0.2, 0.25) is 5.02 Å². The lowest BCUT2D eigenvalue weighted by molar-refractivity contribution is 0.290. The second-order valence-electron chi connectivity index (χ2n) is 5.02. The molecule has 0 aliphatic heterocycles. The van der Waals surface area contributed by atoms with Gasteiger partial charge < -0.3 is 9.47 Å². The van der Waals surface area contributed by atoms with E-state index < -0.39 is 5.82 Å². The van der Waals surface area contributed by atoms with Gasteiger partial charge in [-0.25, -0.2) is 9.37 Å². The minimum absolute atomic E-state index is 0.0877. The van der Waals surface area contributed by atoms with Gasteiger partial charge in [-0.1, -0.05) is 25.4 Å². The third-order valence-corrected chi connectivity index (χ3v) is 4.19. The van der Waals surface area contributed by atoms with E-state index in [0.29, 0.717) is 5.52 Å². The van der Waals surface area contributed by atoms with Gasteiger partial charge >= 0.3 is 0 Å². The van der Waals surface area contributed by atoms with Crippen LogP contribution in [0.5, 0.6) is 0 Å². The van der Waals surface area contributed by atoms with Crippen LogP contribution in [-0.4, -0.2) is 34.1 Å². The summed E-state index contributed by atoms with van der Waals surface area (Å²) in [6, 6.07) is 3.00. The van der Waals surface area contributed by atoms with Gasteiger partial charge in [0.15, 0.2) is 0 Å². The number of imidazole rings is 1. The summed E-state index contributed by atoms with van der Waals surface area (Å²) >= 11 is 12.1. The van der Waals surface area contributed by atoms with Gasteiger partial charge in [0.05, 0.1) is 21.4 Å². The van der Waals surface area contributed by atoms with Crippen LogP contribution in [0, 0.1) is 5.82 Å². The van der Waals surface area contributed by atoms with Gasteiger partial charge in [-0.3, -0.25) is 0 Å². The van der Waals surface area contributed by atoms with Crippen LogP contribution in [0.3, 0.4) is 0 Å². The molecular weight excluding hydrogens is 312 g/mol. The minimum Gasteiger partial charge on any atom is -0.325 e.